The van der Waals surface area contributed by atoms with Crippen molar-refractivity contribution in [2.24, 2.45) is 0 Å². The Morgan fingerprint density at radius 2 is 1.77 bits per heavy atom. The van der Waals surface area contributed by atoms with Crippen LogP contribution in [-0.2, 0) is 4.79 Å². The summed E-state index contributed by atoms with van der Waals surface area (Å²) in [6, 6.07) is 11.7. The van der Waals surface area contributed by atoms with Crippen LogP contribution in [0.3, 0.4) is 0 Å². The van der Waals surface area contributed by atoms with Gasteiger partial charge in [-0.25, -0.2) is 0 Å². The van der Waals surface area contributed by atoms with Crippen molar-refractivity contribution in [3.63, 3.8) is 0 Å². The second-order valence-electron chi connectivity index (χ2n) is 6.48. The van der Waals surface area contributed by atoms with E-state index in [0.717, 1.165) is 34.6 Å². The summed E-state index contributed by atoms with van der Waals surface area (Å²) in [6.07, 6.45) is 4.10. The molecule has 0 radical (unpaired) electrons. The average Bonchev–Trinajstić information content (AvgIpc) is 2.67. The first-order valence-electron chi connectivity index (χ1n) is 8.80. The molecule has 2 aromatic carbocycles. The van der Waals surface area contributed by atoms with Gasteiger partial charge in [0.05, 0.1) is 12.6 Å². The fourth-order valence-electron chi connectivity index (χ4n) is 3.22. The van der Waals surface area contributed by atoms with Gasteiger partial charge >= 0.3 is 0 Å². The molecular formula is C21H21NO4. The van der Waals surface area contributed by atoms with Crippen molar-refractivity contribution in [2.75, 3.05) is 19.8 Å². The molecule has 2 aliphatic rings. The highest BCUT2D eigenvalue weighted by atomic mass is 16.6. The largest absolute Gasteiger partial charge is 0.493 e. The van der Waals surface area contributed by atoms with E-state index in [0.29, 0.717) is 25.6 Å². The number of hydrogen-bond donors (Lipinski definition) is 1. The number of benzene rings is 2. The Balaban J connectivity index is 1.45. The number of rotatable bonds is 3. The van der Waals surface area contributed by atoms with Gasteiger partial charge in [0.2, 0.25) is 5.91 Å². The van der Waals surface area contributed by atoms with Crippen molar-refractivity contribution < 1.29 is 19.0 Å². The topological polar surface area (TPSA) is 56.8 Å². The number of fused-ring (bicyclic) bond motifs is 2. The molecule has 4 rings (SSSR count). The van der Waals surface area contributed by atoms with Gasteiger partial charge in [0.1, 0.15) is 19.0 Å². The minimum atomic E-state index is -0.126. The molecule has 2 heterocycles. The summed E-state index contributed by atoms with van der Waals surface area (Å²) < 4.78 is 16.8. The zero-order chi connectivity index (χ0) is 17.9. The van der Waals surface area contributed by atoms with E-state index in [1.165, 1.54) is 0 Å². The SMILES string of the molecule is Cc1ccc2c(c1)C(NC(=O)/C=C\c1ccc3c(c1)OCCO3)CCO2. The lowest BCUT2D eigenvalue weighted by Gasteiger charge is -2.26. The third-order valence-corrected chi connectivity index (χ3v) is 4.51. The van der Waals surface area contributed by atoms with E-state index in [1.807, 2.05) is 37.3 Å². The van der Waals surface area contributed by atoms with Crippen molar-refractivity contribution in [2.45, 2.75) is 19.4 Å². The Morgan fingerprint density at radius 3 is 2.65 bits per heavy atom. The van der Waals surface area contributed by atoms with E-state index >= 15 is 0 Å². The van der Waals surface area contributed by atoms with Gasteiger partial charge in [-0.1, -0.05) is 23.8 Å². The molecule has 0 fully saturated rings. The molecule has 1 unspecified atom stereocenters. The van der Waals surface area contributed by atoms with Crippen LogP contribution in [0.1, 0.15) is 29.2 Å². The van der Waals surface area contributed by atoms with Crippen LogP contribution in [0.4, 0.5) is 0 Å². The van der Waals surface area contributed by atoms with E-state index in [4.69, 9.17) is 14.2 Å². The lowest BCUT2D eigenvalue weighted by atomic mass is 9.98. The molecular weight excluding hydrogens is 330 g/mol. The van der Waals surface area contributed by atoms with Gasteiger partial charge in [0, 0.05) is 18.1 Å². The summed E-state index contributed by atoms with van der Waals surface area (Å²) in [5.41, 5.74) is 3.09. The third kappa shape index (κ3) is 3.52. The lowest BCUT2D eigenvalue weighted by molar-refractivity contribution is -0.117. The molecule has 1 amide bonds. The summed E-state index contributed by atoms with van der Waals surface area (Å²) in [6.45, 7) is 3.75. The number of carbonyl (C=O) groups excluding carboxylic acids is 1. The van der Waals surface area contributed by atoms with Crippen molar-refractivity contribution in [3.8, 4) is 17.2 Å². The van der Waals surface area contributed by atoms with Crippen LogP contribution in [0.5, 0.6) is 17.2 Å². The van der Waals surface area contributed by atoms with E-state index < -0.39 is 0 Å². The number of aryl methyl sites for hydroxylation is 1. The molecule has 1 atom stereocenters. The summed E-state index contributed by atoms with van der Waals surface area (Å²) >= 11 is 0. The predicted octanol–water partition coefficient (Wildman–Crippen LogP) is 3.42. The summed E-state index contributed by atoms with van der Waals surface area (Å²) in [5.74, 6) is 2.18. The van der Waals surface area contributed by atoms with Gasteiger partial charge in [-0.15, -0.1) is 0 Å². The van der Waals surface area contributed by atoms with Crippen molar-refractivity contribution >= 4 is 12.0 Å². The Bertz CT molecular complexity index is 859. The number of carbonyl (C=O) groups is 1. The zero-order valence-corrected chi connectivity index (χ0v) is 14.7. The maximum atomic E-state index is 12.4. The van der Waals surface area contributed by atoms with Gasteiger partial charge < -0.3 is 19.5 Å². The van der Waals surface area contributed by atoms with Gasteiger partial charge in [-0.2, -0.15) is 0 Å². The zero-order valence-electron chi connectivity index (χ0n) is 14.7. The lowest BCUT2D eigenvalue weighted by Crippen LogP contribution is -2.31. The summed E-state index contributed by atoms with van der Waals surface area (Å²) in [7, 11) is 0. The van der Waals surface area contributed by atoms with Gasteiger partial charge in [-0.05, 0) is 36.8 Å². The summed E-state index contributed by atoms with van der Waals surface area (Å²) in [5, 5.41) is 3.07. The number of ether oxygens (including phenoxy) is 3. The average molecular weight is 351 g/mol. The smallest absolute Gasteiger partial charge is 0.244 e. The second-order valence-corrected chi connectivity index (χ2v) is 6.48. The highest BCUT2D eigenvalue weighted by Gasteiger charge is 2.22. The van der Waals surface area contributed by atoms with E-state index in [1.54, 1.807) is 12.2 Å². The Labute approximate surface area is 152 Å². The maximum Gasteiger partial charge on any atom is 0.244 e. The molecule has 5 nitrogen and oxygen atoms in total. The Morgan fingerprint density at radius 1 is 1.00 bits per heavy atom. The normalized spacial score (nSPS) is 18.1. The molecule has 0 saturated heterocycles. The van der Waals surface area contributed by atoms with Crippen LogP contribution in [0.25, 0.3) is 6.08 Å². The van der Waals surface area contributed by atoms with Crippen molar-refractivity contribution in [1.29, 1.82) is 0 Å². The molecule has 1 N–H and O–H groups in total. The Hall–Kier alpha value is -2.95. The van der Waals surface area contributed by atoms with Crippen LogP contribution in [0.2, 0.25) is 0 Å². The molecule has 0 aliphatic carbocycles. The van der Waals surface area contributed by atoms with Crippen LogP contribution >= 0.6 is 0 Å². The first-order chi connectivity index (χ1) is 12.7. The number of amides is 1. The van der Waals surface area contributed by atoms with E-state index in [-0.39, 0.29) is 11.9 Å². The van der Waals surface area contributed by atoms with E-state index in [2.05, 4.69) is 11.4 Å². The fourth-order valence-corrected chi connectivity index (χ4v) is 3.22. The highest BCUT2D eigenvalue weighted by Crippen LogP contribution is 2.33. The van der Waals surface area contributed by atoms with Crippen molar-refractivity contribution in [3.05, 3.63) is 59.2 Å². The standard InChI is InChI=1S/C21H21NO4/c1-14-2-5-18-16(12-14)17(8-9-24-18)22-21(23)7-4-15-3-6-19-20(13-15)26-11-10-25-19/h2-7,12-13,17H,8-11H2,1H3,(H,22,23)/b7-4-. The molecule has 0 aromatic heterocycles. The maximum absolute atomic E-state index is 12.4. The Kier molecular flexibility index (Phi) is 4.52. The molecule has 2 aromatic rings. The first-order valence-corrected chi connectivity index (χ1v) is 8.80. The molecule has 5 heteroatoms. The predicted molar refractivity (Wildman–Crippen MR) is 98.6 cm³/mol. The number of hydrogen-bond acceptors (Lipinski definition) is 4. The van der Waals surface area contributed by atoms with Gasteiger partial charge in [0.25, 0.3) is 0 Å². The molecule has 0 spiro atoms. The third-order valence-electron chi connectivity index (χ3n) is 4.51. The van der Waals surface area contributed by atoms with Crippen LogP contribution < -0.4 is 19.5 Å². The van der Waals surface area contributed by atoms with Crippen LogP contribution in [0.15, 0.2) is 42.5 Å². The first kappa shape index (κ1) is 16.5. The monoisotopic (exact) mass is 351 g/mol. The molecule has 2 aliphatic heterocycles. The molecule has 134 valence electrons. The van der Waals surface area contributed by atoms with E-state index in [9.17, 15) is 4.79 Å². The molecule has 0 bridgehead atoms. The molecule has 26 heavy (non-hydrogen) atoms. The minimum absolute atomic E-state index is 0.0314. The van der Waals surface area contributed by atoms with Gasteiger partial charge in [0.15, 0.2) is 11.5 Å². The number of nitrogens with one attached hydrogen (secondary N) is 1. The quantitative estimate of drug-likeness (QED) is 0.861. The summed E-state index contributed by atoms with van der Waals surface area (Å²) in [4.78, 5) is 12.4. The second kappa shape index (κ2) is 7.12. The molecule has 0 saturated carbocycles. The fraction of sp³-hybridized carbons (Fsp3) is 0.286. The minimum Gasteiger partial charge on any atom is -0.493 e. The van der Waals surface area contributed by atoms with Crippen LogP contribution in [0, 0.1) is 6.92 Å². The highest BCUT2D eigenvalue weighted by molar-refractivity contribution is 5.92. The van der Waals surface area contributed by atoms with Gasteiger partial charge in [-0.3, -0.25) is 4.79 Å². The van der Waals surface area contributed by atoms with Crippen LogP contribution in [-0.4, -0.2) is 25.7 Å². The van der Waals surface area contributed by atoms with Crippen molar-refractivity contribution in [1.82, 2.24) is 5.32 Å².